The van der Waals surface area contributed by atoms with E-state index in [0.29, 0.717) is 17.7 Å². The van der Waals surface area contributed by atoms with E-state index < -0.39 is 11.8 Å². The Kier molecular flexibility index (Phi) is 5.49. The van der Waals surface area contributed by atoms with E-state index in [1.54, 1.807) is 31.4 Å². The third-order valence-corrected chi connectivity index (χ3v) is 3.06. The number of esters is 1. The highest BCUT2D eigenvalue weighted by Gasteiger charge is 2.09. The van der Waals surface area contributed by atoms with Crippen LogP contribution in [0.5, 0.6) is 5.75 Å². The third-order valence-electron chi connectivity index (χ3n) is 3.06. The zero-order chi connectivity index (χ0) is 15.9. The molecular weight excluding hydrogens is 287 g/mol. The summed E-state index contributed by atoms with van der Waals surface area (Å²) in [6, 6.07) is 11.4. The van der Waals surface area contributed by atoms with Crippen molar-refractivity contribution in [1.29, 1.82) is 0 Å². The van der Waals surface area contributed by atoms with Crippen LogP contribution in [0.2, 0.25) is 0 Å². The van der Waals surface area contributed by atoms with Gasteiger partial charge in [-0.1, -0.05) is 18.2 Å². The molecule has 2 aromatic rings. The molecular formula is C17H17FO4. The molecule has 5 heteroatoms. The van der Waals surface area contributed by atoms with Crippen molar-refractivity contribution in [2.75, 3.05) is 14.2 Å². The van der Waals surface area contributed by atoms with Gasteiger partial charge in [-0.05, 0) is 35.4 Å². The van der Waals surface area contributed by atoms with Gasteiger partial charge in [-0.15, -0.1) is 0 Å². The maximum absolute atomic E-state index is 13.6. The molecule has 116 valence electrons. The zero-order valence-electron chi connectivity index (χ0n) is 12.5. The highest BCUT2D eigenvalue weighted by Crippen LogP contribution is 2.18. The van der Waals surface area contributed by atoms with Gasteiger partial charge < -0.3 is 14.2 Å². The van der Waals surface area contributed by atoms with E-state index in [0.717, 1.165) is 5.56 Å². The first kappa shape index (κ1) is 16.0. The Balaban J connectivity index is 2.00. The van der Waals surface area contributed by atoms with Crippen molar-refractivity contribution in [2.24, 2.45) is 0 Å². The molecule has 0 amide bonds. The van der Waals surface area contributed by atoms with Gasteiger partial charge in [-0.3, -0.25) is 0 Å². The molecule has 0 bridgehead atoms. The Hall–Kier alpha value is -2.40. The summed E-state index contributed by atoms with van der Waals surface area (Å²) >= 11 is 0. The van der Waals surface area contributed by atoms with E-state index in [1.165, 1.54) is 19.2 Å². The van der Waals surface area contributed by atoms with Gasteiger partial charge in [0.25, 0.3) is 0 Å². The average molecular weight is 304 g/mol. The molecule has 0 aliphatic heterocycles. The Morgan fingerprint density at radius 3 is 2.50 bits per heavy atom. The van der Waals surface area contributed by atoms with E-state index >= 15 is 0 Å². The molecule has 0 aliphatic carbocycles. The monoisotopic (exact) mass is 304 g/mol. The number of carbonyl (C=O) groups is 1. The van der Waals surface area contributed by atoms with Crippen LogP contribution in [0.4, 0.5) is 4.39 Å². The van der Waals surface area contributed by atoms with E-state index in [9.17, 15) is 9.18 Å². The molecule has 0 spiro atoms. The molecule has 4 nitrogen and oxygen atoms in total. The normalized spacial score (nSPS) is 10.3. The molecule has 2 rings (SSSR count). The van der Waals surface area contributed by atoms with E-state index in [2.05, 4.69) is 0 Å². The molecule has 0 saturated carbocycles. The van der Waals surface area contributed by atoms with Gasteiger partial charge >= 0.3 is 5.97 Å². The number of halogens is 1. The second kappa shape index (κ2) is 7.56. The molecule has 0 fully saturated rings. The van der Waals surface area contributed by atoms with Crippen molar-refractivity contribution in [3.05, 3.63) is 65.0 Å². The van der Waals surface area contributed by atoms with Gasteiger partial charge in [0.05, 0.1) is 19.3 Å². The number of methoxy groups -OCH3 is 2. The number of ether oxygens (including phenoxy) is 3. The van der Waals surface area contributed by atoms with Gasteiger partial charge in [0.2, 0.25) is 0 Å². The van der Waals surface area contributed by atoms with Gasteiger partial charge in [-0.2, -0.15) is 0 Å². The lowest BCUT2D eigenvalue weighted by Gasteiger charge is -2.08. The maximum Gasteiger partial charge on any atom is 0.338 e. The van der Waals surface area contributed by atoms with Gasteiger partial charge in [0.1, 0.15) is 6.61 Å². The molecule has 0 aromatic heterocycles. The first-order chi connectivity index (χ1) is 10.6. The topological polar surface area (TPSA) is 44.8 Å². The lowest BCUT2D eigenvalue weighted by atomic mass is 10.1. The molecule has 0 atom stereocenters. The highest BCUT2D eigenvalue weighted by atomic mass is 19.1. The summed E-state index contributed by atoms with van der Waals surface area (Å²) in [4.78, 5) is 12.0. The van der Waals surface area contributed by atoms with Gasteiger partial charge in [-0.25, -0.2) is 9.18 Å². The summed E-state index contributed by atoms with van der Waals surface area (Å²) in [5, 5.41) is 0. The first-order valence-corrected chi connectivity index (χ1v) is 6.71. The Labute approximate surface area is 128 Å². The number of hydrogen-bond donors (Lipinski definition) is 0. The molecule has 0 N–H and O–H groups in total. The van der Waals surface area contributed by atoms with Crippen LogP contribution in [0.1, 0.15) is 21.5 Å². The number of carbonyl (C=O) groups excluding carboxylic acids is 1. The molecule has 0 saturated heterocycles. The third kappa shape index (κ3) is 4.05. The summed E-state index contributed by atoms with van der Waals surface area (Å²) in [6.07, 6.45) is 0. The molecule has 0 unspecified atom stereocenters. The van der Waals surface area contributed by atoms with Crippen LogP contribution in [0.15, 0.2) is 42.5 Å². The molecule has 0 aliphatic rings. The fourth-order valence-electron chi connectivity index (χ4n) is 1.99. The van der Waals surface area contributed by atoms with Crippen molar-refractivity contribution in [1.82, 2.24) is 0 Å². The maximum atomic E-state index is 13.6. The fraction of sp³-hybridized carbons (Fsp3) is 0.235. The number of hydrogen-bond acceptors (Lipinski definition) is 4. The molecule has 0 radical (unpaired) electrons. The van der Waals surface area contributed by atoms with Crippen LogP contribution < -0.4 is 4.74 Å². The lowest BCUT2D eigenvalue weighted by Crippen LogP contribution is -2.06. The smallest absolute Gasteiger partial charge is 0.338 e. The first-order valence-electron chi connectivity index (χ1n) is 6.71. The average Bonchev–Trinajstić information content (AvgIpc) is 2.53. The summed E-state index contributed by atoms with van der Waals surface area (Å²) in [5.41, 5.74) is 1.87. The van der Waals surface area contributed by atoms with E-state index in [1.807, 2.05) is 6.07 Å². The minimum Gasteiger partial charge on any atom is -0.494 e. The number of benzene rings is 2. The van der Waals surface area contributed by atoms with Crippen molar-refractivity contribution < 1.29 is 23.4 Å². The minimum absolute atomic E-state index is 0.00570. The SMILES string of the molecule is COCc1cccc(C(=O)OCc2ccc(OC)c(F)c2)c1. The van der Waals surface area contributed by atoms with Crippen molar-refractivity contribution in [3.63, 3.8) is 0 Å². The Morgan fingerprint density at radius 1 is 1.05 bits per heavy atom. The number of rotatable bonds is 6. The van der Waals surface area contributed by atoms with Crippen LogP contribution >= 0.6 is 0 Å². The van der Waals surface area contributed by atoms with Crippen LogP contribution in [-0.2, 0) is 22.7 Å². The van der Waals surface area contributed by atoms with Gasteiger partial charge in [0, 0.05) is 7.11 Å². The fourth-order valence-corrected chi connectivity index (χ4v) is 1.99. The zero-order valence-corrected chi connectivity index (χ0v) is 12.5. The quantitative estimate of drug-likeness (QED) is 0.768. The lowest BCUT2D eigenvalue weighted by molar-refractivity contribution is 0.0472. The van der Waals surface area contributed by atoms with Crippen LogP contribution in [-0.4, -0.2) is 20.2 Å². The highest BCUT2D eigenvalue weighted by molar-refractivity contribution is 5.89. The van der Waals surface area contributed by atoms with E-state index in [-0.39, 0.29) is 12.4 Å². The van der Waals surface area contributed by atoms with Crippen LogP contribution in [0.3, 0.4) is 0 Å². The minimum atomic E-state index is -0.488. The van der Waals surface area contributed by atoms with Crippen molar-refractivity contribution >= 4 is 5.97 Å². The summed E-state index contributed by atoms with van der Waals surface area (Å²) in [7, 11) is 2.98. The predicted molar refractivity (Wildman–Crippen MR) is 79.2 cm³/mol. The summed E-state index contributed by atoms with van der Waals surface area (Å²) < 4.78 is 28.6. The molecule has 22 heavy (non-hydrogen) atoms. The Bertz CT molecular complexity index is 655. The van der Waals surface area contributed by atoms with Crippen LogP contribution in [0, 0.1) is 5.82 Å². The largest absolute Gasteiger partial charge is 0.494 e. The Morgan fingerprint density at radius 2 is 1.82 bits per heavy atom. The summed E-state index contributed by atoms with van der Waals surface area (Å²) in [5.74, 6) is -0.797. The second-order valence-electron chi connectivity index (χ2n) is 4.68. The summed E-state index contributed by atoms with van der Waals surface area (Å²) in [6.45, 7) is 0.416. The van der Waals surface area contributed by atoms with E-state index in [4.69, 9.17) is 14.2 Å². The predicted octanol–water partition coefficient (Wildman–Crippen LogP) is 3.34. The standard InChI is InChI=1S/C17H17FO4/c1-20-10-12-4-3-5-14(8-12)17(19)22-11-13-6-7-16(21-2)15(18)9-13/h3-9H,10-11H2,1-2H3. The van der Waals surface area contributed by atoms with Crippen molar-refractivity contribution in [2.45, 2.75) is 13.2 Å². The van der Waals surface area contributed by atoms with Crippen molar-refractivity contribution in [3.8, 4) is 5.75 Å². The van der Waals surface area contributed by atoms with Crippen LogP contribution in [0.25, 0.3) is 0 Å². The molecule has 2 aromatic carbocycles. The second-order valence-corrected chi connectivity index (χ2v) is 4.68. The molecule has 0 heterocycles. The van der Waals surface area contributed by atoms with Gasteiger partial charge in [0.15, 0.2) is 11.6 Å².